The molecule has 14 heteroatoms. The van der Waals surface area contributed by atoms with E-state index in [0.717, 1.165) is 41.5 Å². The number of hydrogen-bond donors (Lipinski definition) is 0. The zero-order valence-corrected chi connectivity index (χ0v) is 20.3. The fraction of sp³-hybridized carbons (Fsp3) is 0.625. The fourth-order valence-electron chi connectivity index (χ4n) is 1.87. The molecule has 0 aliphatic rings. The third kappa shape index (κ3) is 13.4. The SMILES string of the molecule is CC[Si](OC(C)=O)(OC(C)=O)OC(C)=O.CC[Si](OC(C)=O)(OC(C)=O)OC(C)=O. The van der Waals surface area contributed by atoms with Crippen LogP contribution in [-0.2, 0) is 55.3 Å². The van der Waals surface area contributed by atoms with E-state index < -0.39 is 53.4 Å². The van der Waals surface area contributed by atoms with Crippen LogP contribution in [0.1, 0.15) is 55.4 Å². The monoisotopic (exact) mass is 468 g/mol. The predicted octanol–water partition coefficient (Wildman–Crippen LogP) is 1.27. The summed E-state index contributed by atoms with van der Waals surface area (Å²) in [5.74, 6) is -3.88. The van der Waals surface area contributed by atoms with Crippen LogP contribution in [0.3, 0.4) is 0 Å². The maximum atomic E-state index is 10.8. The van der Waals surface area contributed by atoms with Crippen LogP contribution in [0.5, 0.6) is 0 Å². The van der Waals surface area contributed by atoms with Crippen LogP contribution in [-0.4, -0.2) is 53.4 Å². The Balaban J connectivity index is 0. The molecule has 0 saturated carbocycles. The van der Waals surface area contributed by atoms with Gasteiger partial charge in [-0.25, -0.2) is 0 Å². The Hall–Kier alpha value is -2.75. The highest BCUT2D eigenvalue weighted by atomic mass is 28.4. The second-order valence-electron chi connectivity index (χ2n) is 5.63. The summed E-state index contributed by atoms with van der Waals surface area (Å²) in [6.45, 7) is 10.2. The minimum Gasteiger partial charge on any atom is -0.455 e. The van der Waals surface area contributed by atoms with Crippen molar-refractivity contribution in [1.82, 2.24) is 0 Å². The first-order valence-corrected chi connectivity index (χ1v) is 12.7. The third-order valence-corrected chi connectivity index (χ3v) is 7.98. The largest absolute Gasteiger partial charge is 0.704 e. The molecule has 172 valence electrons. The minimum absolute atomic E-state index is 0.158. The number of carbonyl (C=O) groups is 6. The first-order valence-electron chi connectivity index (χ1n) is 8.80. The number of hydrogen-bond acceptors (Lipinski definition) is 12. The van der Waals surface area contributed by atoms with Gasteiger partial charge in [-0.15, -0.1) is 0 Å². The highest BCUT2D eigenvalue weighted by molar-refractivity contribution is 6.66. The van der Waals surface area contributed by atoms with E-state index in [-0.39, 0.29) is 12.1 Å². The Morgan fingerprint density at radius 2 is 0.567 bits per heavy atom. The molecule has 0 radical (unpaired) electrons. The molecular weight excluding hydrogens is 440 g/mol. The van der Waals surface area contributed by atoms with Crippen molar-refractivity contribution in [1.29, 1.82) is 0 Å². The van der Waals surface area contributed by atoms with Gasteiger partial charge in [-0.1, -0.05) is 13.8 Å². The molecule has 0 aliphatic carbocycles. The van der Waals surface area contributed by atoms with Gasteiger partial charge in [0.05, 0.1) is 12.1 Å². The van der Waals surface area contributed by atoms with Crippen LogP contribution >= 0.6 is 0 Å². The molecule has 0 N–H and O–H groups in total. The van der Waals surface area contributed by atoms with Crippen molar-refractivity contribution in [3.05, 3.63) is 0 Å². The minimum atomic E-state index is -3.51. The Kier molecular flexibility index (Phi) is 13.2. The highest BCUT2D eigenvalue weighted by Gasteiger charge is 2.50. The summed E-state index contributed by atoms with van der Waals surface area (Å²) in [6.07, 6.45) is 0. The molecule has 0 spiro atoms. The van der Waals surface area contributed by atoms with E-state index in [0.29, 0.717) is 0 Å². The molecule has 12 nitrogen and oxygen atoms in total. The molecular formula is C16H28O12Si2. The van der Waals surface area contributed by atoms with Crippen molar-refractivity contribution in [2.75, 3.05) is 0 Å². The van der Waals surface area contributed by atoms with Gasteiger partial charge >= 0.3 is 17.6 Å². The lowest BCUT2D eigenvalue weighted by Gasteiger charge is -2.24. The molecule has 0 fully saturated rings. The first-order chi connectivity index (χ1) is 13.6. The lowest BCUT2D eigenvalue weighted by Crippen LogP contribution is -2.48. The number of carbonyl (C=O) groups excluding carboxylic acids is 6. The summed E-state index contributed by atoms with van der Waals surface area (Å²) in [5.41, 5.74) is 0. The van der Waals surface area contributed by atoms with Gasteiger partial charge in [0.1, 0.15) is 0 Å². The van der Waals surface area contributed by atoms with Gasteiger partial charge in [0.15, 0.2) is 0 Å². The van der Waals surface area contributed by atoms with E-state index in [1.165, 1.54) is 0 Å². The van der Waals surface area contributed by atoms with Crippen LogP contribution in [0.2, 0.25) is 12.1 Å². The topological polar surface area (TPSA) is 158 Å². The Morgan fingerprint density at radius 1 is 0.433 bits per heavy atom. The first kappa shape index (κ1) is 29.5. The molecule has 0 rings (SSSR count). The maximum absolute atomic E-state index is 10.8. The molecule has 0 atom stereocenters. The summed E-state index contributed by atoms with van der Waals surface area (Å²) in [7, 11) is -7.01. The van der Waals surface area contributed by atoms with Crippen LogP contribution in [0, 0.1) is 0 Å². The second kappa shape index (κ2) is 13.5. The van der Waals surface area contributed by atoms with E-state index in [9.17, 15) is 28.8 Å². The van der Waals surface area contributed by atoms with Crippen molar-refractivity contribution < 1.29 is 55.3 Å². The van der Waals surface area contributed by atoms with Crippen molar-refractivity contribution in [3.63, 3.8) is 0 Å². The van der Waals surface area contributed by atoms with E-state index in [2.05, 4.69) is 0 Å². The Bertz CT molecular complexity index is 523. The molecule has 0 aromatic heterocycles. The van der Waals surface area contributed by atoms with Crippen molar-refractivity contribution in [2.24, 2.45) is 0 Å². The molecule has 0 bridgehead atoms. The van der Waals surface area contributed by atoms with E-state index in [1.807, 2.05) is 0 Å². The molecule has 30 heavy (non-hydrogen) atoms. The molecule has 0 aromatic carbocycles. The lowest BCUT2D eigenvalue weighted by atomic mass is 10.9. The number of rotatable bonds is 8. The van der Waals surface area contributed by atoms with E-state index in [1.54, 1.807) is 13.8 Å². The molecule has 0 unspecified atom stereocenters. The average molecular weight is 469 g/mol. The van der Waals surface area contributed by atoms with Crippen LogP contribution in [0.25, 0.3) is 0 Å². The molecule has 0 aliphatic heterocycles. The zero-order chi connectivity index (χ0) is 24.1. The quantitative estimate of drug-likeness (QED) is 0.470. The van der Waals surface area contributed by atoms with Crippen LogP contribution in [0.15, 0.2) is 0 Å². The van der Waals surface area contributed by atoms with Crippen molar-refractivity contribution in [3.8, 4) is 0 Å². The van der Waals surface area contributed by atoms with Crippen molar-refractivity contribution >= 4 is 53.4 Å². The van der Waals surface area contributed by atoms with Crippen LogP contribution < -0.4 is 0 Å². The van der Waals surface area contributed by atoms with Gasteiger partial charge in [0.25, 0.3) is 35.8 Å². The third-order valence-electron chi connectivity index (χ3n) is 2.66. The van der Waals surface area contributed by atoms with Gasteiger partial charge in [-0.05, 0) is 0 Å². The summed E-state index contributed by atoms with van der Waals surface area (Å²) in [6, 6.07) is 0.317. The van der Waals surface area contributed by atoms with Gasteiger partial charge in [0.2, 0.25) is 0 Å². The van der Waals surface area contributed by atoms with E-state index in [4.69, 9.17) is 26.6 Å². The summed E-state index contributed by atoms with van der Waals surface area (Å²) in [5, 5.41) is 0. The summed E-state index contributed by atoms with van der Waals surface area (Å²) in [4.78, 5) is 64.9. The lowest BCUT2D eigenvalue weighted by molar-refractivity contribution is -0.151. The van der Waals surface area contributed by atoms with Crippen molar-refractivity contribution in [2.45, 2.75) is 67.5 Å². The molecule has 0 aromatic rings. The van der Waals surface area contributed by atoms with Crippen LogP contribution in [0.4, 0.5) is 0 Å². The van der Waals surface area contributed by atoms with Gasteiger partial charge in [0, 0.05) is 41.5 Å². The van der Waals surface area contributed by atoms with E-state index >= 15 is 0 Å². The summed E-state index contributed by atoms with van der Waals surface area (Å²) < 4.78 is 28.9. The Labute approximate surface area is 176 Å². The summed E-state index contributed by atoms with van der Waals surface area (Å²) >= 11 is 0. The highest BCUT2D eigenvalue weighted by Crippen LogP contribution is 2.17. The molecule has 0 saturated heterocycles. The van der Waals surface area contributed by atoms with Gasteiger partial charge < -0.3 is 26.6 Å². The standard InChI is InChI=1S/2C8H14O6Si/c2*1-5-15(12-6(2)9,13-7(3)10)14-8(4)11/h2*5H2,1-4H3. The Morgan fingerprint density at radius 3 is 0.633 bits per heavy atom. The molecule has 0 heterocycles. The zero-order valence-electron chi connectivity index (χ0n) is 18.3. The normalized spacial score (nSPS) is 10.4. The smallest absolute Gasteiger partial charge is 0.455 e. The predicted molar refractivity (Wildman–Crippen MR) is 103 cm³/mol. The average Bonchev–Trinajstić information content (AvgIpc) is 2.51. The van der Waals surface area contributed by atoms with Gasteiger partial charge in [-0.2, -0.15) is 0 Å². The molecule has 0 amide bonds. The second-order valence-corrected chi connectivity index (χ2v) is 11.0. The maximum Gasteiger partial charge on any atom is 0.704 e. The fourth-order valence-corrected chi connectivity index (χ4v) is 5.62. The van der Waals surface area contributed by atoms with Gasteiger partial charge in [-0.3, -0.25) is 28.8 Å².